The van der Waals surface area contributed by atoms with Crippen molar-refractivity contribution in [3.63, 3.8) is 0 Å². The van der Waals surface area contributed by atoms with Crippen LogP contribution in [0.4, 0.5) is 0 Å². The number of rotatable bonds is 5. The number of aryl methyl sites for hydroxylation is 1. The Bertz CT molecular complexity index is 1080. The van der Waals surface area contributed by atoms with Crippen LogP contribution in [0.5, 0.6) is 0 Å². The van der Waals surface area contributed by atoms with Crippen LogP contribution in [0.1, 0.15) is 20.9 Å². The number of hydrogen-bond donors (Lipinski definition) is 1. The Morgan fingerprint density at radius 3 is 2.63 bits per heavy atom. The second-order valence-corrected chi connectivity index (χ2v) is 7.76. The fourth-order valence-electron chi connectivity index (χ4n) is 2.97. The average molecular weight is 396 g/mol. The number of fused-ring (bicyclic) bond motifs is 1. The molecule has 0 aliphatic rings. The number of aromatic nitrogens is 2. The fraction of sp³-hybridized carbons (Fsp3) is 0.143. The van der Waals surface area contributed by atoms with E-state index in [1.54, 1.807) is 0 Å². The molecule has 0 saturated carbocycles. The van der Waals surface area contributed by atoms with Gasteiger partial charge < -0.3 is 5.32 Å². The van der Waals surface area contributed by atoms with Crippen molar-refractivity contribution in [2.45, 2.75) is 13.3 Å². The van der Waals surface area contributed by atoms with Crippen LogP contribution in [0.2, 0.25) is 5.02 Å². The van der Waals surface area contributed by atoms with E-state index in [0.29, 0.717) is 16.4 Å². The maximum Gasteiger partial charge on any atom is 0.261 e. The van der Waals surface area contributed by atoms with Crippen molar-refractivity contribution in [2.75, 3.05) is 6.54 Å². The summed E-state index contributed by atoms with van der Waals surface area (Å²) in [5.41, 5.74) is 3.04. The summed E-state index contributed by atoms with van der Waals surface area (Å²) >= 11 is 7.43. The van der Waals surface area contributed by atoms with Crippen molar-refractivity contribution in [3.05, 3.63) is 81.8 Å². The van der Waals surface area contributed by atoms with Gasteiger partial charge in [-0.15, -0.1) is 11.3 Å². The summed E-state index contributed by atoms with van der Waals surface area (Å²) in [6, 6.07) is 19.6. The van der Waals surface area contributed by atoms with Crippen molar-refractivity contribution >= 4 is 39.1 Å². The van der Waals surface area contributed by atoms with Crippen molar-refractivity contribution in [2.24, 2.45) is 0 Å². The lowest BCUT2D eigenvalue weighted by Gasteiger charge is -2.04. The van der Waals surface area contributed by atoms with E-state index in [1.165, 1.54) is 16.9 Å². The second kappa shape index (κ2) is 7.55. The third kappa shape index (κ3) is 3.75. The lowest BCUT2D eigenvalue weighted by Crippen LogP contribution is -2.24. The number of thiophene rings is 1. The van der Waals surface area contributed by atoms with E-state index >= 15 is 0 Å². The molecule has 0 aliphatic carbocycles. The minimum Gasteiger partial charge on any atom is -0.351 e. The van der Waals surface area contributed by atoms with Crippen LogP contribution in [0.3, 0.4) is 0 Å². The maximum absolute atomic E-state index is 12.6. The van der Waals surface area contributed by atoms with Gasteiger partial charge in [-0.25, -0.2) is 4.68 Å². The molecule has 4 aromatic rings. The molecule has 0 fully saturated rings. The predicted molar refractivity (Wildman–Crippen MR) is 111 cm³/mol. The topological polar surface area (TPSA) is 46.9 Å². The predicted octanol–water partition coefficient (Wildman–Crippen LogP) is 5.02. The summed E-state index contributed by atoms with van der Waals surface area (Å²) in [6.45, 7) is 2.57. The first-order valence-electron chi connectivity index (χ1n) is 8.69. The highest BCUT2D eigenvalue weighted by Gasteiger charge is 2.17. The Kier molecular flexibility index (Phi) is 4.97. The first-order chi connectivity index (χ1) is 13.1. The van der Waals surface area contributed by atoms with Gasteiger partial charge in [-0.2, -0.15) is 5.10 Å². The van der Waals surface area contributed by atoms with Gasteiger partial charge in [0.05, 0.1) is 16.3 Å². The molecule has 4 nitrogen and oxygen atoms in total. The summed E-state index contributed by atoms with van der Waals surface area (Å²) in [4.78, 5) is 14.2. The number of benzene rings is 2. The minimum absolute atomic E-state index is 0.0470. The van der Waals surface area contributed by atoms with E-state index in [1.807, 2.05) is 60.1 Å². The average Bonchev–Trinajstić information content (AvgIpc) is 3.24. The Hall–Kier alpha value is -2.63. The highest BCUT2D eigenvalue weighted by molar-refractivity contribution is 7.20. The molecular weight excluding hydrogens is 378 g/mol. The van der Waals surface area contributed by atoms with Gasteiger partial charge in [0.1, 0.15) is 4.83 Å². The molecule has 6 heteroatoms. The standard InChI is InChI=1S/C21H18ClN3OS/c1-14-18-13-19(20(26)23-12-11-15-5-3-2-4-6-15)27-21(18)25(24-14)17-9-7-16(22)8-10-17/h2-10,13H,11-12H2,1H3,(H,23,26). The molecule has 136 valence electrons. The van der Waals surface area contributed by atoms with E-state index in [9.17, 15) is 4.79 Å². The number of hydrogen-bond acceptors (Lipinski definition) is 3. The Labute approximate surface area is 166 Å². The molecule has 0 saturated heterocycles. The van der Waals surface area contributed by atoms with Gasteiger partial charge in [-0.3, -0.25) is 4.79 Å². The molecule has 0 atom stereocenters. The highest BCUT2D eigenvalue weighted by Crippen LogP contribution is 2.30. The zero-order chi connectivity index (χ0) is 18.8. The highest BCUT2D eigenvalue weighted by atomic mass is 35.5. The smallest absolute Gasteiger partial charge is 0.261 e. The molecule has 2 aromatic heterocycles. The molecule has 1 N–H and O–H groups in total. The largest absolute Gasteiger partial charge is 0.351 e. The fourth-order valence-corrected chi connectivity index (χ4v) is 4.19. The monoisotopic (exact) mass is 395 g/mol. The van der Waals surface area contributed by atoms with E-state index in [4.69, 9.17) is 11.6 Å². The number of nitrogens with zero attached hydrogens (tertiary/aromatic N) is 2. The van der Waals surface area contributed by atoms with Gasteiger partial charge in [0.2, 0.25) is 0 Å². The normalized spacial score (nSPS) is 11.0. The van der Waals surface area contributed by atoms with Crippen molar-refractivity contribution in [1.82, 2.24) is 15.1 Å². The van der Waals surface area contributed by atoms with E-state index in [0.717, 1.165) is 28.0 Å². The Morgan fingerprint density at radius 2 is 1.89 bits per heavy atom. The Balaban J connectivity index is 1.53. The molecule has 1 amide bonds. The number of carbonyl (C=O) groups excluding carboxylic acids is 1. The second-order valence-electron chi connectivity index (χ2n) is 6.29. The van der Waals surface area contributed by atoms with E-state index < -0.39 is 0 Å². The molecule has 0 unspecified atom stereocenters. The van der Waals surface area contributed by atoms with Gasteiger partial charge in [0.25, 0.3) is 5.91 Å². The first-order valence-corrected chi connectivity index (χ1v) is 9.88. The van der Waals surface area contributed by atoms with Gasteiger partial charge >= 0.3 is 0 Å². The summed E-state index contributed by atoms with van der Waals surface area (Å²) in [6.07, 6.45) is 0.815. The van der Waals surface area contributed by atoms with Gasteiger partial charge in [0, 0.05) is 17.0 Å². The molecule has 0 spiro atoms. The van der Waals surface area contributed by atoms with E-state index in [-0.39, 0.29) is 5.91 Å². The minimum atomic E-state index is -0.0470. The van der Waals surface area contributed by atoms with Gasteiger partial charge in [-0.05, 0) is 49.2 Å². The lowest BCUT2D eigenvalue weighted by molar-refractivity contribution is 0.0958. The summed E-state index contributed by atoms with van der Waals surface area (Å²) < 4.78 is 1.87. The van der Waals surface area contributed by atoms with Crippen molar-refractivity contribution in [3.8, 4) is 5.69 Å². The number of carbonyl (C=O) groups is 1. The van der Waals surface area contributed by atoms with Crippen LogP contribution in [0, 0.1) is 6.92 Å². The van der Waals surface area contributed by atoms with Crippen LogP contribution < -0.4 is 5.32 Å². The number of amides is 1. The molecule has 2 aromatic carbocycles. The maximum atomic E-state index is 12.6. The summed E-state index contributed by atoms with van der Waals surface area (Å²) in [7, 11) is 0. The third-order valence-electron chi connectivity index (χ3n) is 4.38. The van der Waals surface area contributed by atoms with Crippen LogP contribution in [-0.4, -0.2) is 22.2 Å². The molecule has 0 aliphatic heterocycles. The van der Waals surface area contributed by atoms with Crippen LogP contribution in [0.25, 0.3) is 15.9 Å². The molecular formula is C21H18ClN3OS. The third-order valence-corrected chi connectivity index (χ3v) is 5.74. The van der Waals surface area contributed by atoms with Gasteiger partial charge in [-0.1, -0.05) is 41.9 Å². The first kappa shape index (κ1) is 17.8. The van der Waals surface area contributed by atoms with Crippen LogP contribution in [0.15, 0.2) is 60.7 Å². The SMILES string of the molecule is Cc1nn(-c2ccc(Cl)cc2)c2sc(C(=O)NCCc3ccccc3)cc12. The zero-order valence-corrected chi connectivity index (χ0v) is 16.3. The molecule has 4 rings (SSSR count). The quantitative estimate of drug-likeness (QED) is 0.515. The van der Waals surface area contributed by atoms with E-state index in [2.05, 4.69) is 22.5 Å². The van der Waals surface area contributed by atoms with Crippen LogP contribution >= 0.6 is 22.9 Å². The Morgan fingerprint density at radius 1 is 1.15 bits per heavy atom. The molecule has 0 bridgehead atoms. The lowest BCUT2D eigenvalue weighted by atomic mass is 10.1. The zero-order valence-electron chi connectivity index (χ0n) is 14.8. The molecule has 27 heavy (non-hydrogen) atoms. The van der Waals surface area contributed by atoms with Crippen LogP contribution in [-0.2, 0) is 6.42 Å². The summed E-state index contributed by atoms with van der Waals surface area (Å²) in [5, 5.41) is 9.30. The summed E-state index contributed by atoms with van der Waals surface area (Å²) in [5.74, 6) is -0.0470. The molecule has 0 radical (unpaired) electrons. The van der Waals surface area contributed by atoms with Crippen molar-refractivity contribution in [1.29, 1.82) is 0 Å². The van der Waals surface area contributed by atoms with Crippen molar-refractivity contribution < 1.29 is 4.79 Å². The number of halogens is 1. The number of nitrogens with one attached hydrogen (secondary N) is 1. The molecule has 2 heterocycles. The van der Waals surface area contributed by atoms with Gasteiger partial charge in [0.15, 0.2) is 0 Å².